The van der Waals surface area contributed by atoms with Crippen LogP contribution in [-0.4, -0.2) is 60.9 Å². The molecule has 2 amide bonds. The van der Waals surface area contributed by atoms with Crippen LogP contribution in [0.1, 0.15) is 37.0 Å². The maximum absolute atomic E-state index is 12.7. The molecule has 0 aromatic heterocycles. The molecule has 0 spiro atoms. The van der Waals surface area contributed by atoms with Crippen molar-refractivity contribution in [2.75, 3.05) is 32.5 Å². The van der Waals surface area contributed by atoms with Crippen LogP contribution in [0.2, 0.25) is 0 Å². The van der Waals surface area contributed by atoms with Crippen molar-refractivity contribution < 1.29 is 9.59 Å². The number of hydrogen-bond acceptors (Lipinski definition) is 4. The SMILES string of the molecule is CC(C)[C@H](N)C(=O)Nc1ccc(C(=O)N(C)C2CCCN(C)C2)cc1.Cl. The molecule has 1 aromatic carbocycles. The van der Waals surface area contributed by atoms with Crippen LogP contribution in [0, 0.1) is 5.92 Å². The summed E-state index contributed by atoms with van der Waals surface area (Å²) in [4.78, 5) is 28.8. The zero-order valence-electron chi connectivity index (χ0n) is 16.1. The van der Waals surface area contributed by atoms with Crippen LogP contribution in [0.4, 0.5) is 5.69 Å². The first-order chi connectivity index (χ1) is 11.8. The molecule has 7 heteroatoms. The van der Waals surface area contributed by atoms with Gasteiger partial charge in [0.05, 0.1) is 6.04 Å². The van der Waals surface area contributed by atoms with Crippen molar-refractivity contribution in [3.8, 4) is 0 Å². The molecule has 146 valence electrons. The van der Waals surface area contributed by atoms with E-state index < -0.39 is 6.04 Å². The van der Waals surface area contributed by atoms with Gasteiger partial charge in [0.1, 0.15) is 0 Å². The molecule has 1 aliphatic rings. The van der Waals surface area contributed by atoms with Gasteiger partial charge in [-0.1, -0.05) is 13.8 Å². The fourth-order valence-electron chi connectivity index (χ4n) is 3.05. The average molecular weight is 383 g/mol. The Morgan fingerprint density at radius 1 is 1.27 bits per heavy atom. The number of amides is 2. The van der Waals surface area contributed by atoms with Gasteiger partial charge in [0.2, 0.25) is 5.91 Å². The Balaban J connectivity index is 0.00000338. The third-order valence-electron chi connectivity index (χ3n) is 4.89. The minimum atomic E-state index is -0.546. The quantitative estimate of drug-likeness (QED) is 0.818. The van der Waals surface area contributed by atoms with Gasteiger partial charge >= 0.3 is 0 Å². The molecule has 0 aliphatic carbocycles. The zero-order chi connectivity index (χ0) is 18.6. The standard InChI is InChI=1S/C19H30N4O2.ClH/c1-13(2)17(20)18(24)21-15-9-7-14(8-10-15)19(25)23(4)16-6-5-11-22(3)12-16;/h7-10,13,16-17H,5-6,11-12,20H2,1-4H3,(H,21,24);1H/t16?,17-;/m0./s1. The summed E-state index contributed by atoms with van der Waals surface area (Å²) in [5.41, 5.74) is 7.12. The Bertz CT molecular complexity index is 606. The highest BCUT2D eigenvalue weighted by molar-refractivity contribution is 5.97. The number of nitrogens with two attached hydrogens (primary N) is 1. The van der Waals surface area contributed by atoms with E-state index in [-0.39, 0.29) is 36.2 Å². The summed E-state index contributed by atoms with van der Waals surface area (Å²) in [5, 5.41) is 2.79. The second-order valence-electron chi connectivity index (χ2n) is 7.31. The Kier molecular flexibility index (Phi) is 8.53. The number of carbonyl (C=O) groups excluding carboxylic acids is 2. The molecule has 0 saturated carbocycles. The predicted octanol–water partition coefficient (Wildman–Crippen LogP) is 2.20. The summed E-state index contributed by atoms with van der Waals surface area (Å²) in [6.45, 7) is 5.81. The highest BCUT2D eigenvalue weighted by atomic mass is 35.5. The van der Waals surface area contributed by atoms with Crippen molar-refractivity contribution in [2.45, 2.75) is 38.8 Å². The summed E-state index contributed by atoms with van der Waals surface area (Å²) in [6, 6.07) is 6.70. The molecule has 26 heavy (non-hydrogen) atoms. The first-order valence-electron chi connectivity index (χ1n) is 8.91. The van der Waals surface area contributed by atoms with E-state index in [1.54, 1.807) is 24.3 Å². The van der Waals surface area contributed by atoms with Crippen molar-refractivity contribution >= 4 is 29.9 Å². The number of nitrogens with zero attached hydrogens (tertiary/aromatic N) is 2. The molecular weight excluding hydrogens is 352 g/mol. The molecule has 0 bridgehead atoms. The fourth-order valence-corrected chi connectivity index (χ4v) is 3.05. The highest BCUT2D eigenvalue weighted by Gasteiger charge is 2.25. The molecule has 2 rings (SSSR count). The van der Waals surface area contributed by atoms with Gasteiger partial charge in [-0.3, -0.25) is 9.59 Å². The molecule has 1 heterocycles. The van der Waals surface area contributed by atoms with Crippen LogP contribution >= 0.6 is 12.4 Å². The molecule has 6 nitrogen and oxygen atoms in total. The molecule has 1 fully saturated rings. The van der Waals surface area contributed by atoms with Gasteiger partial charge in [-0.15, -0.1) is 12.4 Å². The van der Waals surface area contributed by atoms with Gasteiger partial charge in [-0.2, -0.15) is 0 Å². The second kappa shape index (κ2) is 9.90. The van der Waals surface area contributed by atoms with Gasteiger partial charge in [0.15, 0.2) is 0 Å². The van der Waals surface area contributed by atoms with Gasteiger partial charge in [0, 0.05) is 30.9 Å². The number of piperidine rings is 1. The van der Waals surface area contributed by atoms with Crippen LogP contribution in [-0.2, 0) is 4.79 Å². The lowest BCUT2D eigenvalue weighted by atomic mass is 10.0. The summed E-state index contributed by atoms with van der Waals surface area (Å²) in [7, 11) is 3.95. The van der Waals surface area contributed by atoms with E-state index >= 15 is 0 Å². The summed E-state index contributed by atoms with van der Waals surface area (Å²) in [5.74, 6) is -0.128. The number of anilines is 1. The van der Waals surface area contributed by atoms with E-state index in [0.29, 0.717) is 11.3 Å². The third kappa shape index (κ3) is 5.69. The number of likely N-dealkylation sites (tertiary alicyclic amines) is 1. The Morgan fingerprint density at radius 3 is 2.42 bits per heavy atom. The van der Waals surface area contributed by atoms with E-state index in [1.165, 1.54) is 0 Å². The average Bonchev–Trinajstić information content (AvgIpc) is 2.60. The van der Waals surface area contributed by atoms with Crippen molar-refractivity contribution in [3.63, 3.8) is 0 Å². The monoisotopic (exact) mass is 382 g/mol. The maximum atomic E-state index is 12.7. The van der Waals surface area contributed by atoms with Crippen molar-refractivity contribution in [3.05, 3.63) is 29.8 Å². The fraction of sp³-hybridized carbons (Fsp3) is 0.579. The number of likely N-dealkylation sites (N-methyl/N-ethyl adjacent to an activating group) is 2. The minimum absolute atomic E-state index is 0. The first kappa shape index (κ1) is 22.4. The topological polar surface area (TPSA) is 78.7 Å². The number of hydrogen-bond donors (Lipinski definition) is 2. The lowest BCUT2D eigenvalue weighted by molar-refractivity contribution is -0.118. The van der Waals surface area contributed by atoms with Crippen molar-refractivity contribution in [1.29, 1.82) is 0 Å². The van der Waals surface area contributed by atoms with Gasteiger partial charge in [0.25, 0.3) is 5.91 Å². The molecule has 1 unspecified atom stereocenters. The lowest BCUT2D eigenvalue weighted by Gasteiger charge is -2.35. The summed E-state index contributed by atoms with van der Waals surface area (Å²) < 4.78 is 0. The number of benzene rings is 1. The predicted molar refractivity (Wildman–Crippen MR) is 108 cm³/mol. The number of halogens is 1. The molecule has 0 radical (unpaired) electrons. The Hall–Kier alpha value is -1.63. The molecule has 1 aromatic rings. The van der Waals surface area contributed by atoms with Gasteiger partial charge in [-0.25, -0.2) is 0 Å². The van der Waals surface area contributed by atoms with Crippen molar-refractivity contribution in [1.82, 2.24) is 9.80 Å². The van der Waals surface area contributed by atoms with E-state index in [4.69, 9.17) is 5.73 Å². The molecule has 3 N–H and O–H groups in total. The summed E-state index contributed by atoms with van der Waals surface area (Å²) >= 11 is 0. The maximum Gasteiger partial charge on any atom is 0.253 e. The number of nitrogens with one attached hydrogen (secondary N) is 1. The van der Waals surface area contributed by atoms with Crippen LogP contribution in [0.5, 0.6) is 0 Å². The second-order valence-corrected chi connectivity index (χ2v) is 7.31. The van der Waals surface area contributed by atoms with E-state index in [0.717, 1.165) is 25.9 Å². The minimum Gasteiger partial charge on any atom is -0.337 e. The Morgan fingerprint density at radius 2 is 1.88 bits per heavy atom. The molecule has 2 atom stereocenters. The molecular formula is C19H31ClN4O2. The van der Waals surface area contributed by atoms with Crippen LogP contribution in [0.15, 0.2) is 24.3 Å². The first-order valence-corrected chi connectivity index (χ1v) is 8.91. The van der Waals surface area contributed by atoms with Crippen LogP contribution in [0.25, 0.3) is 0 Å². The molecule has 1 saturated heterocycles. The van der Waals surface area contributed by atoms with Crippen molar-refractivity contribution in [2.24, 2.45) is 11.7 Å². The lowest BCUT2D eigenvalue weighted by Crippen LogP contribution is -2.47. The van der Waals surface area contributed by atoms with Gasteiger partial charge in [-0.05, 0) is 56.6 Å². The molecule has 1 aliphatic heterocycles. The highest BCUT2D eigenvalue weighted by Crippen LogP contribution is 2.17. The van der Waals surface area contributed by atoms with E-state index in [9.17, 15) is 9.59 Å². The number of carbonyl (C=O) groups is 2. The smallest absolute Gasteiger partial charge is 0.253 e. The van der Waals surface area contributed by atoms with Crippen LogP contribution in [0.3, 0.4) is 0 Å². The largest absolute Gasteiger partial charge is 0.337 e. The van der Waals surface area contributed by atoms with Gasteiger partial charge < -0.3 is 20.9 Å². The third-order valence-corrected chi connectivity index (χ3v) is 4.89. The zero-order valence-corrected chi connectivity index (χ0v) is 16.9. The Labute approximate surface area is 162 Å². The van der Waals surface area contributed by atoms with E-state index in [2.05, 4.69) is 17.3 Å². The summed E-state index contributed by atoms with van der Waals surface area (Å²) in [6.07, 6.45) is 2.15. The normalized spacial score (nSPS) is 18.8. The van der Waals surface area contributed by atoms with E-state index in [1.807, 2.05) is 25.8 Å². The van der Waals surface area contributed by atoms with Crippen LogP contribution < -0.4 is 11.1 Å². The number of rotatable bonds is 5.